The molecule has 2 aromatic heterocycles. The summed E-state index contributed by atoms with van der Waals surface area (Å²) < 4.78 is 5.23. The third-order valence-electron chi connectivity index (χ3n) is 2.92. The molecule has 0 aliphatic heterocycles. The zero-order chi connectivity index (χ0) is 13.9. The first-order chi connectivity index (χ1) is 9.72. The lowest BCUT2D eigenvalue weighted by Crippen LogP contribution is -2.10. The molecule has 0 radical (unpaired) electrons. The molecule has 3 rings (SSSR count). The molecule has 3 aromatic rings. The van der Waals surface area contributed by atoms with Gasteiger partial charge in [0.25, 0.3) is 0 Å². The monoisotopic (exact) mass is 285 g/mol. The quantitative estimate of drug-likeness (QED) is 0.735. The second-order valence-corrected chi connectivity index (χ2v) is 5.62. The highest BCUT2D eigenvalue weighted by atomic mass is 32.1. The van der Waals surface area contributed by atoms with Crippen LogP contribution in [-0.2, 0) is 6.54 Å². The second kappa shape index (κ2) is 5.56. The average molecular weight is 285 g/mol. The molecule has 5 heteroatoms. The predicted octanol–water partition coefficient (Wildman–Crippen LogP) is 3.53. The van der Waals surface area contributed by atoms with Gasteiger partial charge in [-0.3, -0.25) is 0 Å². The van der Waals surface area contributed by atoms with Crippen LogP contribution in [0.3, 0.4) is 0 Å². The van der Waals surface area contributed by atoms with Gasteiger partial charge in [-0.25, -0.2) is 0 Å². The van der Waals surface area contributed by atoms with E-state index < -0.39 is 0 Å². The van der Waals surface area contributed by atoms with E-state index >= 15 is 0 Å². The van der Waals surface area contributed by atoms with Gasteiger partial charge in [0.15, 0.2) is 0 Å². The molecule has 0 amide bonds. The van der Waals surface area contributed by atoms with Crippen molar-refractivity contribution in [2.45, 2.75) is 6.54 Å². The van der Waals surface area contributed by atoms with E-state index in [1.54, 1.807) is 11.3 Å². The third kappa shape index (κ3) is 2.79. The fraction of sp³-hybridized carbons (Fsp3) is 0.200. The first kappa shape index (κ1) is 13.0. The minimum atomic E-state index is 0.631. The summed E-state index contributed by atoms with van der Waals surface area (Å²) in [5, 5.41) is 8.24. The van der Waals surface area contributed by atoms with Crippen molar-refractivity contribution in [2.75, 3.05) is 14.1 Å². The van der Waals surface area contributed by atoms with Gasteiger partial charge < -0.3 is 9.42 Å². The van der Waals surface area contributed by atoms with Gasteiger partial charge in [0.1, 0.15) is 0 Å². The SMILES string of the molecule is CN(C)Cc1nc(-c2ccc(-c3ccsc3)cc2)no1. The Balaban J connectivity index is 1.82. The van der Waals surface area contributed by atoms with Gasteiger partial charge in [0.05, 0.1) is 6.54 Å². The molecule has 0 aliphatic carbocycles. The second-order valence-electron chi connectivity index (χ2n) is 4.84. The molecule has 0 unspecified atom stereocenters. The highest BCUT2D eigenvalue weighted by molar-refractivity contribution is 7.08. The summed E-state index contributed by atoms with van der Waals surface area (Å²) in [5.41, 5.74) is 3.41. The van der Waals surface area contributed by atoms with Crippen LogP contribution in [-0.4, -0.2) is 29.1 Å². The standard InChI is InChI=1S/C15H15N3OS/c1-18(2)9-14-16-15(17-19-14)12-5-3-11(4-6-12)13-7-8-20-10-13/h3-8,10H,9H2,1-2H3. The number of nitrogens with zero attached hydrogens (tertiary/aromatic N) is 3. The van der Waals surface area contributed by atoms with Crippen LogP contribution in [0.2, 0.25) is 0 Å². The number of aromatic nitrogens is 2. The average Bonchev–Trinajstić information content (AvgIpc) is 3.09. The number of rotatable bonds is 4. The van der Waals surface area contributed by atoms with Crippen molar-refractivity contribution < 1.29 is 4.52 Å². The van der Waals surface area contributed by atoms with Gasteiger partial charge in [-0.05, 0) is 42.0 Å². The Labute approximate surface area is 121 Å². The summed E-state index contributed by atoms with van der Waals surface area (Å²) in [4.78, 5) is 6.39. The van der Waals surface area contributed by atoms with E-state index in [0.29, 0.717) is 18.3 Å². The fourth-order valence-corrected chi connectivity index (χ4v) is 2.61. The molecule has 0 saturated carbocycles. The molecule has 0 saturated heterocycles. The van der Waals surface area contributed by atoms with Gasteiger partial charge in [0.2, 0.25) is 11.7 Å². The topological polar surface area (TPSA) is 42.2 Å². The molecule has 2 heterocycles. The summed E-state index contributed by atoms with van der Waals surface area (Å²) in [7, 11) is 3.94. The molecule has 1 aromatic carbocycles. The van der Waals surface area contributed by atoms with E-state index in [1.165, 1.54) is 11.1 Å². The molecule has 0 N–H and O–H groups in total. The Morgan fingerprint density at radius 3 is 2.45 bits per heavy atom. The van der Waals surface area contributed by atoms with E-state index in [-0.39, 0.29) is 0 Å². The van der Waals surface area contributed by atoms with Crippen molar-refractivity contribution >= 4 is 11.3 Å². The maximum absolute atomic E-state index is 5.23. The largest absolute Gasteiger partial charge is 0.338 e. The van der Waals surface area contributed by atoms with Gasteiger partial charge in [0, 0.05) is 5.56 Å². The number of hydrogen-bond acceptors (Lipinski definition) is 5. The lowest BCUT2D eigenvalue weighted by molar-refractivity contribution is 0.303. The van der Waals surface area contributed by atoms with Crippen molar-refractivity contribution in [3.63, 3.8) is 0 Å². The highest BCUT2D eigenvalue weighted by Gasteiger charge is 2.09. The van der Waals surface area contributed by atoms with Crippen LogP contribution in [0.4, 0.5) is 0 Å². The van der Waals surface area contributed by atoms with E-state index in [9.17, 15) is 0 Å². The molecule has 0 spiro atoms. The Morgan fingerprint density at radius 2 is 1.80 bits per heavy atom. The maximum atomic E-state index is 5.23. The Hall–Kier alpha value is -1.98. The van der Waals surface area contributed by atoms with Crippen molar-refractivity contribution in [2.24, 2.45) is 0 Å². The maximum Gasteiger partial charge on any atom is 0.241 e. The number of hydrogen-bond donors (Lipinski definition) is 0. The highest BCUT2D eigenvalue weighted by Crippen LogP contribution is 2.25. The first-order valence-electron chi connectivity index (χ1n) is 6.33. The molecule has 0 bridgehead atoms. The summed E-state index contributed by atoms with van der Waals surface area (Å²) in [6.07, 6.45) is 0. The zero-order valence-corrected chi connectivity index (χ0v) is 12.2. The minimum Gasteiger partial charge on any atom is -0.338 e. The first-order valence-corrected chi connectivity index (χ1v) is 7.27. The number of thiophene rings is 1. The Morgan fingerprint density at radius 1 is 1.05 bits per heavy atom. The molecule has 20 heavy (non-hydrogen) atoms. The molecular weight excluding hydrogens is 270 g/mol. The van der Waals surface area contributed by atoms with Gasteiger partial charge >= 0.3 is 0 Å². The van der Waals surface area contributed by atoms with Crippen LogP contribution >= 0.6 is 11.3 Å². The van der Waals surface area contributed by atoms with E-state index in [0.717, 1.165) is 5.56 Å². The smallest absolute Gasteiger partial charge is 0.241 e. The summed E-state index contributed by atoms with van der Waals surface area (Å²) in [5.74, 6) is 1.27. The van der Waals surface area contributed by atoms with Crippen LogP contribution in [0.25, 0.3) is 22.5 Å². The van der Waals surface area contributed by atoms with Crippen LogP contribution in [0, 0.1) is 0 Å². The summed E-state index contributed by atoms with van der Waals surface area (Å²) in [6.45, 7) is 0.653. The van der Waals surface area contributed by atoms with E-state index in [4.69, 9.17) is 4.52 Å². The third-order valence-corrected chi connectivity index (χ3v) is 3.60. The van der Waals surface area contributed by atoms with Crippen molar-refractivity contribution in [3.05, 3.63) is 47.0 Å². The number of benzene rings is 1. The van der Waals surface area contributed by atoms with Crippen molar-refractivity contribution in [1.29, 1.82) is 0 Å². The molecular formula is C15H15N3OS. The van der Waals surface area contributed by atoms with Crippen molar-refractivity contribution in [1.82, 2.24) is 15.0 Å². The lowest BCUT2D eigenvalue weighted by atomic mass is 10.1. The summed E-state index contributed by atoms with van der Waals surface area (Å²) >= 11 is 1.70. The van der Waals surface area contributed by atoms with Crippen LogP contribution in [0.5, 0.6) is 0 Å². The van der Waals surface area contributed by atoms with Gasteiger partial charge in [-0.2, -0.15) is 16.3 Å². The normalized spacial score (nSPS) is 11.2. The zero-order valence-electron chi connectivity index (χ0n) is 11.4. The van der Waals surface area contributed by atoms with Crippen LogP contribution in [0.15, 0.2) is 45.6 Å². The van der Waals surface area contributed by atoms with E-state index in [1.807, 2.05) is 31.1 Å². The van der Waals surface area contributed by atoms with E-state index in [2.05, 4.69) is 39.1 Å². The van der Waals surface area contributed by atoms with Crippen LogP contribution in [0.1, 0.15) is 5.89 Å². The molecule has 0 aliphatic rings. The van der Waals surface area contributed by atoms with Gasteiger partial charge in [-0.15, -0.1) is 0 Å². The fourth-order valence-electron chi connectivity index (χ4n) is 1.95. The van der Waals surface area contributed by atoms with Gasteiger partial charge in [-0.1, -0.05) is 29.4 Å². The van der Waals surface area contributed by atoms with Crippen LogP contribution < -0.4 is 0 Å². The van der Waals surface area contributed by atoms with Crippen molar-refractivity contribution in [3.8, 4) is 22.5 Å². The molecule has 0 fully saturated rings. The molecule has 102 valence electrons. The molecule has 4 nitrogen and oxygen atoms in total. The molecule has 0 atom stereocenters. The Bertz CT molecular complexity index is 671. The lowest BCUT2D eigenvalue weighted by Gasteiger charge is -2.03. The Kier molecular flexibility index (Phi) is 3.62. The predicted molar refractivity (Wildman–Crippen MR) is 80.4 cm³/mol. The summed E-state index contributed by atoms with van der Waals surface area (Å²) in [6, 6.07) is 10.3. The minimum absolute atomic E-state index is 0.631.